The van der Waals surface area contributed by atoms with Gasteiger partial charge in [0.05, 0.1) is 21.3 Å². The molecule has 0 saturated carbocycles. The van der Waals surface area contributed by atoms with Gasteiger partial charge in [-0.3, -0.25) is 4.98 Å². The van der Waals surface area contributed by atoms with E-state index in [1.54, 1.807) is 11.3 Å². The number of ether oxygens (including phenoxy) is 2. The van der Waals surface area contributed by atoms with Crippen LogP contribution in [0.15, 0.2) is 131 Å². The van der Waals surface area contributed by atoms with E-state index in [1.807, 2.05) is 17.4 Å². The van der Waals surface area contributed by atoms with Gasteiger partial charge < -0.3 is 23.7 Å². The van der Waals surface area contributed by atoms with Crippen LogP contribution in [-0.2, 0) is 0 Å². The minimum Gasteiger partial charge on any atom is -0.457 e. The van der Waals surface area contributed by atoms with Crippen molar-refractivity contribution in [2.45, 2.75) is 13.8 Å². The number of aryl methyl sites for hydroxylation is 1. The number of aromatic nitrogens is 1. The lowest BCUT2D eigenvalue weighted by molar-refractivity contribution is 0.364. The Hall–Kier alpha value is -6.22. The van der Waals surface area contributed by atoms with E-state index < -0.39 is 0 Å². The fourth-order valence-corrected chi connectivity index (χ4v) is 11.7. The van der Waals surface area contributed by atoms with E-state index in [1.165, 1.54) is 42.1 Å². The van der Waals surface area contributed by atoms with Gasteiger partial charge in [0.15, 0.2) is 5.58 Å². The zero-order valence-corrected chi connectivity index (χ0v) is 31.3. The lowest BCUT2D eigenvalue weighted by Crippen LogP contribution is -2.61. The number of hydrogen-bond donors (Lipinski definition) is 0. The van der Waals surface area contributed by atoms with Crippen molar-refractivity contribution in [3.05, 3.63) is 137 Å². The zero-order valence-electron chi connectivity index (χ0n) is 29.7. The maximum atomic E-state index is 6.82. The van der Waals surface area contributed by atoms with Gasteiger partial charge in [0.25, 0.3) is 19.4 Å². The van der Waals surface area contributed by atoms with Crippen LogP contribution >= 0.6 is 22.7 Å². The fraction of sp³-hybridized carbons (Fsp3) is 0.0444. The summed E-state index contributed by atoms with van der Waals surface area (Å²) in [5, 5.41) is 7.04. The van der Waals surface area contributed by atoms with Crippen molar-refractivity contribution in [2.24, 2.45) is 0 Å². The number of pyridine rings is 1. The summed E-state index contributed by atoms with van der Waals surface area (Å²) in [6.45, 7) is 4.25. The fourth-order valence-electron chi connectivity index (χ4n) is 9.48. The Balaban J connectivity index is 1.04. The average molecular weight is 743 g/mol. The highest BCUT2D eigenvalue weighted by atomic mass is 32.1. The Labute approximate surface area is 325 Å². The highest BCUT2D eigenvalue weighted by Gasteiger charge is 2.49. The quantitative estimate of drug-likeness (QED) is 0.166. The monoisotopic (exact) mass is 743 g/mol. The number of rotatable bonds is 2. The van der Waals surface area contributed by atoms with Crippen molar-refractivity contribution < 1.29 is 13.9 Å². The van der Waals surface area contributed by atoms with E-state index in [0.717, 1.165) is 61.7 Å². The van der Waals surface area contributed by atoms with Gasteiger partial charge in [-0.05, 0) is 94.5 Å². The number of benzene rings is 5. The number of furan rings is 1. The van der Waals surface area contributed by atoms with E-state index in [9.17, 15) is 0 Å². The van der Waals surface area contributed by atoms with E-state index in [2.05, 4.69) is 144 Å². The molecule has 0 spiro atoms. The van der Waals surface area contributed by atoms with Gasteiger partial charge in [0, 0.05) is 38.9 Å². The van der Waals surface area contributed by atoms with E-state index >= 15 is 0 Å². The Morgan fingerprint density at radius 3 is 2.22 bits per heavy atom. The summed E-state index contributed by atoms with van der Waals surface area (Å²) in [7, 11) is 0. The van der Waals surface area contributed by atoms with Crippen LogP contribution < -0.4 is 52.2 Å². The molecule has 10 heteroatoms. The first-order chi connectivity index (χ1) is 27.1. The molecule has 0 N–H and O–H groups in total. The lowest BCUT2D eigenvalue weighted by atomic mass is 9.34. The topological polar surface area (TPSA) is 51.0 Å². The molecule has 0 amide bonds. The van der Waals surface area contributed by atoms with Crippen molar-refractivity contribution >= 4 is 124 Å². The summed E-state index contributed by atoms with van der Waals surface area (Å²) >= 11 is 3.61. The second-order valence-corrected chi connectivity index (χ2v) is 16.8. The number of anilines is 6. The molecule has 4 aliphatic heterocycles. The number of thiophene rings is 2. The van der Waals surface area contributed by atoms with Crippen LogP contribution in [0.25, 0.3) is 21.9 Å². The molecule has 55 heavy (non-hydrogen) atoms. The van der Waals surface area contributed by atoms with Crippen LogP contribution in [0.3, 0.4) is 0 Å². The second-order valence-electron chi connectivity index (χ2n) is 14.7. The van der Waals surface area contributed by atoms with Gasteiger partial charge in [0.2, 0.25) is 0 Å². The summed E-state index contributed by atoms with van der Waals surface area (Å²) in [4.78, 5) is 11.7. The molecule has 4 aliphatic rings. The maximum absolute atomic E-state index is 6.82. The molecule has 0 radical (unpaired) electrons. The minimum atomic E-state index is -0.120. The first kappa shape index (κ1) is 30.1. The number of hydrogen-bond acceptors (Lipinski definition) is 8. The molecule has 4 aromatic heterocycles. The molecule has 258 valence electrons. The molecule has 0 aliphatic carbocycles. The van der Waals surface area contributed by atoms with Gasteiger partial charge in [-0.1, -0.05) is 72.8 Å². The maximum Gasteiger partial charge on any atom is 0.287 e. The summed E-state index contributed by atoms with van der Waals surface area (Å²) in [6.07, 6.45) is 0. The largest absolute Gasteiger partial charge is 0.457 e. The lowest BCUT2D eigenvalue weighted by Gasteiger charge is -2.38. The van der Waals surface area contributed by atoms with Gasteiger partial charge in [-0.15, -0.1) is 22.7 Å². The second kappa shape index (κ2) is 10.7. The van der Waals surface area contributed by atoms with Gasteiger partial charge in [0.1, 0.15) is 22.8 Å². The standard InChI is InChI=1S/C45H27B2N3O3S2/c1-24-25(2)55-44-37(24)47-39-31(49(44)27-13-4-3-5-14-27)17-9-20-34(39)52-45-40(47)41-35(53-45)23-36-42(48-41)46-29-21-22-54-43(29)50(32-18-10-19-33(51-36)38(32)46)30-16-8-12-26-11-6-7-15-28(26)30/h3-23H,1-2H3. The Morgan fingerprint density at radius 1 is 0.618 bits per heavy atom. The van der Waals surface area contributed by atoms with E-state index in [-0.39, 0.29) is 13.4 Å². The molecule has 8 heterocycles. The van der Waals surface area contributed by atoms with Gasteiger partial charge in [-0.2, -0.15) is 0 Å². The average Bonchev–Trinajstić information content (AvgIpc) is 3.92. The molecule has 0 atom stereocenters. The molecule has 5 aromatic carbocycles. The molecular formula is C45H27B2N3O3S2. The molecule has 13 rings (SSSR count). The van der Waals surface area contributed by atoms with Crippen molar-refractivity contribution in [2.75, 3.05) is 9.80 Å². The molecule has 0 unspecified atom stereocenters. The van der Waals surface area contributed by atoms with Crippen LogP contribution in [0, 0.1) is 13.8 Å². The first-order valence-electron chi connectivity index (χ1n) is 18.5. The van der Waals surface area contributed by atoms with Crippen LogP contribution in [0.5, 0.6) is 23.2 Å². The van der Waals surface area contributed by atoms with Crippen molar-refractivity contribution in [1.29, 1.82) is 0 Å². The van der Waals surface area contributed by atoms with Crippen molar-refractivity contribution in [3.63, 3.8) is 0 Å². The zero-order chi connectivity index (χ0) is 36.1. The molecular weight excluding hydrogens is 716 g/mol. The summed E-state index contributed by atoms with van der Waals surface area (Å²) in [5.74, 6) is 2.86. The van der Waals surface area contributed by atoms with Crippen molar-refractivity contribution in [1.82, 2.24) is 4.98 Å². The number of para-hydroxylation sites is 1. The summed E-state index contributed by atoms with van der Waals surface area (Å²) in [6, 6.07) is 42.9. The molecule has 9 aromatic rings. The summed E-state index contributed by atoms with van der Waals surface area (Å²) < 4.78 is 20.2. The third-order valence-corrected chi connectivity index (χ3v) is 14.0. The third kappa shape index (κ3) is 3.87. The van der Waals surface area contributed by atoms with Gasteiger partial charge in [-0.25, -0.2) is 0 Å². The summed E-state index contributed by atoms with van der Waals surface area (Å²) in [5.41, 5.74) is 13.9. The highest BCUT2D eigenvalue weighted by molar-refractivity contribution is 7.20. The number of fused-ring (bicyclic) bond motifs is 11. The third-order valence-electron chi connectivity index (χ3n) is 11.9. The Bertz CT molecular complexity index is 3130. The molecule has 0 fully saturated rings. The van der Waals surface area contributed by atoms with Crippen LogP contribution in [0.4, 0.5) is 32.8 Å². The minimum absolute atomic E-state index is 0.112. The SMILES string of the molecule is Cc1sc2c(c1C)B1c3c(cccc3N2c2ccccc2)Oc2oc3cc4c(nc3c21)B1c2ccsc2N(c2cccc3ccccc23)c2cccc(c21)O4. The molecule has 0 saturated heterocycles. The Kier molecular flexibility index (Phi) is 5.87. The Morgan fingerprint density at radius 2 is 1.35 bits per heavy atom. The highest BCUT2D eigenvalue weighted by Crippen LogP contribution is 2.47. The molecule has 0 bridgehead atoms. The predicted octanol–water partition coefficient (Wildman–Crippen LogP) is 8.53. The van der Waals surface area contributed by atoms with Gasteiger partial charge >= 0.3 is 0 Å². The molecule has 6 nitrogen and oxygen atoms in total. The van der Waals surface area contributed by atoms with Crippen LogP contribution in [0.2, 0.25) is 0 Å². The van der Waals surface area contributed by atoms with Crippen LogP contribution in [-0.4, -0.2) is 18.4 Å². The normalized spacial score (nSPS) is 14.1. The smallest absolute Gasteiger partial charge is 0.287 e. The number of nitrogens with zero attached hydrogens (tertiary/aromatic N) is 3. The predicted molar refractivity (Wildman–Crippen MR) is 228 cm³/mol. The van der Waals surface area contributed by atoms with E-state index in [0.29, 0.717) is 17.3 Å². The van der Waals surface area contributed by atoms with Crippen molar-refractivity contribution in [3.8, 4) is 23.2 Å². The first-order valence-corrected chi connectivity index (χ1v) is 20.2. The van der Waals surface area contributed by atoms with E-state index in [4.69, 9.17) is 18.9 Å². The van der Waals surface area contributed by atoms with Crippen LogP contribution in [0.1, 0.15) is 10.4 Å².